The lowest BCUT2D eigenvalue weighted by Crippen LogP contribution is -2.47. The number of nitrogens with zero attached hydrogens (tertiary/aromatic N) is 3. The Labute approximate surface area is 136 Å². The summed E-state index contributed by atoms with van der Waals surface area (Å²) in [5.41, 5.74) is 1.81. The molecule has 5 heterocycles. The summed E-state index contributed by atoms with van der Waals surface area (Å²) in [4.78, 5) is 24.8. The van der Waals surface area contributed by atoms with Crippen molar-refractivity contribution in [3.63, 3.8) is 0 Å². The Balaban J connectivity index is 1.49. The third kappa shape index (κ3) is 3.01. The fourth-order valence-electron chi connectivity index (χ4n) is 3.90. The number of piperidine rings is 1. The highest BCUT2D eigenvalue weighted by Crippen LogP contribution is 2.29. The third-order valence-corrected chi connectivity index (χ3v) is 4.99. The Morgan fingerprint density at radius 1 is 1.17 bits per heavy atom. The quantitative estimate of drug-likeness (QED) is 0.945. The van der Waals surface area contributed by atoms with Crippen LogP contribution in [0.2, 0.25) is 0 Å². The molecule has 0 aromatic carbocycles. The van der Waals surface area contributed by atoms with E-state index in [1.165, 1.54) is 6.42 Å². The van der Waals surface area contributed by atoms with Crippen molar-refractivity contribution in [3.8, 4) is 0 Å². The third-order valence-electron chi connectivity index (χ3n) is 4.99. The maximum atomic E-state index is 12.7. The second kappa shape index (κ2) is 6.16. The fraction of sp³-hybridized carbons (Fsp3) is 0.444. The van der Waals surface area contributed by atoms with Crippen LogP contribution in [0.25, 0.3) is 0 Å². The molecule has 3 fully saturated rings. The molecule has 3 saturated heterocycles. The number of hydrogen-bond donors (Lipinski definition) is 1. The van der Waals surface area contributed by atoms with Crippen molar-refractivity contribution in [2.45, 2.75) is 25.4 Å². The zero-order chi connectivity index (χ0) is 15.6. The SMILES string of the molecule is O=C(c1ccc[nH]1)N1C[C@@H]2CC[C@H]1CN(Cc1ccccn1)C2. The van der Waals surface area contributed by atoms with Crippen LogP contribution in [0.1, 0.15) is 29.0 Å². The minimum Gasteiger partial charge on any atom is -0.357 e. The molecule has 2 aromatic heterocycles. The van der Waals surface area contributed by atoms with Crippen molar-refractivity contribution in [2.75, 3.05) is 19.6 Å². The zero-order valence-electron chi connectivity index (χ0n) is 13.2. The summed E-state index contributed by atoms with van der Waals surface area (Å²) in [6, 6.07) is 10.1. The molecule has 120 valence electrons. The zero-order valence-corrected chi connectivity index (χ0v) is 13.2. The standard InChI is InChI=1S/C18H22N4O/c23-18(17-5-3-9-20-17)22-11-14-6-7-16(22)13-21(10-14)12-15-4-1-2-8-19-15/h1-5,8-9,14,16,20H,6-7,10-13H2/t14-,16+/m1/s1. The van der Waals surface area contributed by atoms with Crippen molar-refractivity contribution in [1.29, 1.82) is 0 Å². The van der Waals surface area contributed by atoms with Crippen LogP contribution in [0, 0.1) is 5.92 Å². The Morgan fingerprint density at radius 2 is 2.13 bits per heavy atom. The first-order chi connectivity index (χ1) is 11.3. The summed E-state index contributed by atoms with van der Waals surface area (Å²) < 4.78 is 0. The summed E-state index contributed by atoms with van der Waals surface area (Å²) in [7, 11) is 0. The van der Waals surface area contributed by atoms with Gasteiger partial charge in [-0.2, -0.15) is 0 Å². The van der Waals surface area contributed by atoms with E-state index in [4.69, 9.17) is 0 Å². The predicted octanol–water partition coefficient (Wildman–Crippen LogP) is 2.15. The lowest BCUT2D eigenvalue weighted by molar-refractivity contribution is 0.0579. The van der Waals surface area contributed by atoms with E-state index in [1.807, 2.05) is 36.7 Å². The predicted molar refractivity (Wildman–Crippen MR) is 87.9 cm³/mol. The average Bonchev–Trinajstić information content (AvgIpc) is 2.98. The highest BCUT2D eigenvalue weighted by Gasteiger charge is 2.37. The summed E-state index contributed by atoms with van der Waals surface area (Å²) in [6.07, 6.45) is 5.99. The molecule has 0 unspecified atom stereocenters. The number of pyridine rings is 1. The van der Waals surface area contributed by atoms with Gasteiger partial charge < -0.3 is 9.88 Å². The number of carbonyl (C=O) groups excluding carboxylic acids is 1. The van der Waals surface area contributed by atoms with Crippen LogP contribution in [0.15, 0.2) is 42.7 Å². The molecule has 2 bridgehead atoms. The molecule has 5 heteroatoms. The van der Waals surface area contributed by atoms with E-state index in [0.717, 1.165) is 38.3 Å². The number of aromatic amines is 1. The van der Waals surface area contributed by atoms with Crippen LogP contribution in [0.4, 0.5) is 0 Å². The lowest BCUT2D eigenvalue weighted by Gasteiger charge is -2.36. The van der Waals surface area contributed by atoms with Gasteiger partial charge in [0.05, 0.1) is 5.69 Å². The lowest BCUT2D eigenvalue weighted by atomic mass is 9.95. The normalized spacial score (nSPS) is 24.6. The molecule has 1 N–H and O–H groups in total. The van der Waals surface area contributed by atoms with Crippen LogP contribution in [0.3, 0.4) is 0 Å². The second-order valence-corrected chi connectivity index (χ2v) is 6.65. The summed E-state index contributed by atoms with van der Waals surface area (Å²) in [6.45, 7) is 3.75. The Bertz CT molecular complexity index is 655. The first-order valence-electron chi connectivity index (χ1n) is 8.36. The topological polar surface area (TPSA) is 52.2 Å². The van der Waals surface area contributed by atoms with Gasteiger partial charge in [-0.1, -0.05) is 6.07 Å². The molecular formula is C18H22N4O. The largest absolute Gasteiger partial charge is 0.357 e. The van der Waals surface area contributed by atoms with E-state index in [0.29, 0.717) is 17.7 Å². The Kier molecular flexibility index (Phi) is 3.87. The van der Waals surface area contributed by atoms with Crippen LogP contribution >= 0.6 is 0 Å². The molecule has 3 aliphatic rings. The van der Waals surface area contributed by atoms with Gasteiger partial charge in [0, 0.05) is 44.6 Å². The smallest absolute Gasteiger partial charge is 0.270 e. The summed E-state index contributed by atoms with van der Waals surface area (Å²) >= 11 is 0. The van der Waals surface area contributed by atoms with Crippen molar-refractivity contribution in [2.24, 2.45) is 5.92 Å². The number of amides is 1. The number of aromatic nitrogens is 2. The summed E-state index contributed by atoms with van der Waals surface area (Å²) in [5.74, 6) is 0.709. The van der Waals surface area contributed by atoms with Crippen molar-refractivity contribution in [1.82, 2.24) is 19.8 Å². The Hall–Kier alpha value is -2.14. The minimum absolute atomic E-state index is 0.143. The molecule has 5 nitrogen and oxygen atoms in total. The number of carbonyl (C=O) groups is 1. The van der Waals surface area contributed by atoms with Crippen LogP contribution in [-0.2, 0) is 6.54 Å². The molecule has 23 heavy (non-hydrogen) atoms. The first-order valence-corrected chi connectivity index (χ1v) is 8.36. The maximum absolute atomic E-state index is 12.7. The molecular weight excluding hydrogens is 288 g/mol. The van der Waals surface area contributed by atoms with E-state index in [9.17, 15) is 4.79 Å². The van der Waals surface area contributed by atoms with Crippen molar-refractivity contribution < 1.29 is 4.79 Å². The molecule has 0 saturated carbocycles. The molecule has 3 aliphatic heterocycles. The van der Waals surface area contributed by atoms with Gasteiger partial charge >= 0.3 is 0 Å². The molecule has 5 rings (SSSR count). The van der Waals surface area contributed by atoms with Gasteiger partial charge in [0.15, 0.2) is 0 Å². The maximum Gasteiger partial charge on any atom is 0.270 e. The number of hydrogen-bond acceptors (Lipinski definition) is 3. The van der Waals surface area contributed by atoms with E-state index in [1.54, 1.807) is 0 Å². The molecule has 2 atom stereocenters. The second-order valence-electron chi connectivity index (χ2n) is 6.65. The van der Waals surface area contributed by atoms with Gasteiger partial charge in [-0.15, -0.1) is 0 Å². The van der Waals surface area contributed by atoms with E-state index in [2.05, 4.69) is 25.8 Å². The van der Waals surface area contributed by atoms with Crippen LogP contribution in [0.5, 0.6) is 0 Å². The number of H-pyrrole nitrogens is 1. The molecule has 0 aliphatic carbocycles. The molecule has 0 radical (unpaired) electrons. The fourth-order valence-corrected chi connectivity index (χ4v) is 3.90. The minimum atomic E-state index is 0.143. The van der Waals surface area contributed by atoms with Gasteiger partial charge in [0.1, 0.15) is 5.69 Å². The number of fused-ring (bicyclic) bond motifs is 4. The molecule has 0 spiro atoms. The van der Waals surface area contributed by atoms with Gasteiger partial charge in [0.25, 0.3) is 5.91 Å². The highest BCUT2D eigenvalue weighted by molar-refractivity contribution is 5.92. The van der Waals surface area contributed by atoms with Gasteiger partial charge in [-0.25, -0.2) is 0 Å². The van der Waals surface area contributed by atoms with Crippen molar-refractivity contribution >= 4 is 5.91 Å². The number of nitrogens with one attached hydrogen (secondary N) is 1. The summed E-state index contributed by atoms with van der Waals surface area (Å²) in [5, 5.41) is 0. The van der Waals surface area contributed by atoms with Gasteiger partial charge in [-0.05, 0) is 43.0 Å². The van der Waals surface area contributed by atoms with Gasteiger partial charge in [0.2, 0.25) is 0 Å². The molecule has 2 aromatic rings. The van der Waals surface area contributed by atoms with E-state index >= 15 is 0 Å². The monoisotopic (exact) mass is 310 g/mol. The first kappa shape index (κ1) is 14.5. The average molecular weight is 310 g/mol. The molecule has 1 amide bonds. The van der Waals surface area contributed by atoms with Crippen LogP contribution in [-0.4, -0.2) is 51.4 Å². The van der Waals surface area contributed by atoms with Gasteiger partial charge in [-0.3, -0.25) is 14.7 Å². The highest BCUT2D eigenvalue weighted by atomic mass is 16.2. The van der Waals surface area contributed by atoms with Crippen LogP contribution < -0.4 is 0 Å². The Morgan fingerprint density at radius 3 is 2.91 bits per heavy atom. The van der Waals surface area contributed by atoms with E-state index in [-0.39, 0.29) is 5.91 Å². The van der Waals surface area contributed by atoms with E-state index < -0.39 is 0 Å². The number of rotatable bonds is 3. The van der Waals surface area contributed by atoms with Crippen molar-refractivity contribution in [3.05, 3.63) is 54.1 Å².